The second kappa shape index (κ2) is 11.7. The van der Waals surface area contributed by atoms with E-state index < -0.39 is 51.0 Å². The molecule has 1 aromatic carbocycles. The van der Waals surface area contributed by atoms with Crippen molar-refractivity contribution in [3.05, 3.63) is 41.2 Å². The number of benzene rings is 1. The van der Waals surface area contributed by atoms with Gasteiger partial charge in [-0.15, -0.1) is 0 Å². The largest absolute Gasteiger partial charge is 0.417 e. The van der Waals surface area contributed by atoms with Crippen LogP contribution in [0.2, 0.25) is 5.02 Å². The molecule has 0 bridgehead atoms. The zero-order valence-electron chi connectivity index (χ0n) is 23.7. The van der Waals surface area contributed by atoms with Gasteiger partial charge in [-0.3, -0.25) is 0 Å². The van der Waals surface area contributed by atoms with Crippen molar-refractivity contribution in [3.63, 3.8) is 0 Å². The number of aromatic amines is 1. The fourth-order valence-electron chi connectivity index (χ4n) is 5.83. The molecule has 238 valence electrons. The number of halogens is 4. The van der Waals surface area contributed by atoms with Gasteiger partial charge in [0.05, 0.1) is 46.3 Å². The summed E-state index contributed by atoms with van der Waals surface area (Å²) in [5.74, 6) is 0.531. The van der Waals surface area contributed by atoms with Crippen molar-refractivity contribution in [3.8, 4) is 0 Å². The van der Waals surface area contributed by atoms with Crippen LogP contribution < -0.4 is 5.32 Å². The summed E-state index contributed by atoms with van der Waals surface area (Å²) in [6.07, 6.45) is 0.885. The minimum Gasteiger partial charge on any atom is -0.390 e. The summed E-state index contributed by atoms with van der Waals surface area (Å²) in [5, 5.41) is 24.8. The van der Waals surface area contributed by atoms with E-state index in [1.807, 2.05) is 0 Å². The Bertz CT molecular complexity index is 1780. The van der Waals surface area contributed by atoms with Gasteiger partial charge in [0.2, 0.25) is 10.0 Å². The van der Waals surface area contributed by atoms with Crippen LogP contribution in [0.4, 0.5) is 19.0 Å². The van der Waals surface area contributed by atoms with Gasteiger partial charge in [0.15, 0.2) is 11.5 Å². The smallest absolute Gasteiger partial charge is 0.390 e. The van der Waals surface area contributed by atoms with Gasteiger partial charge in [0.1, 0.15) is 23.8 Å². The number of aliphatic hydroxyl groups excluding tert-OH is 2. The van der Waals surface area contributed by atoms with Crippen LogP contribution in [0.5, 0.6) is 0 Å². The molecule has 12 nitrogen and oxygen atoms in total. The Morgan fingerprint density at radius 3 is 2.64 bits per heavy atom. The Labute approximate surface area is 255 Å². The lowest BCUT2D eigenvalue weighted by Gasteiger charge is -2.25. The van der Waals surface area contributed by atoms with E-state index in [0.717, 1.165) is 25.2 Å². The Kier molecular flexibility index (Phi) is 8.24. The van der Waals surface area contributed by atoms with Crippen molar-refractivity contribution >= 4 is 49.6 Å². The number of alkyl halides is 3. The number of aromatic nitrogens is 6. The summed E-state index contributed by atoms with van der Waals surface area (Å²) in [5.41, 5.74) is 0.648. The Morgan fingerprint density at radius 2 is 1.93 bits per heavy atom. The van der Waals surface area contributed by atoms with Crippen LogP contribution >= 0.6 is 11.6 Å². The number of aliphatic hydroxyl groups is 2. The molecule has 0 saturated heterocycles. The number of anilines is 1. The number of hydrogen-bond acceptors (Lipinski definition) is 9. The molecule has 6 rings (SSSR count). The molecule has 0 spiro atoms. The average Bonchev–Trinajstić information content (AvgIpc) is 3.40. The maximum Gasteiger partial charge on any atom is 0.417 e. The van der Waals surface area contributed by atoms with E-state index in [0.29, 0.717) is 60.0 Å². The molecule has 3 aromatic heterocycles. The van der Waals surface area contributed by atoms with Crippen LogP contribution in [0.15, 0.2) is 24.8 Å². The van der Waals surface area contributed by atoms with E-state index in [1.165, 1.54) is 16.7 Å². The zero-order chi connectivity index (χ0) is 31.4. The van der Waals surface area contributed by atoms with E-state index in [9.17, 15) is 31.8 Å². The monoisotopic (exact) mass is 656 g/mol. The Balaban J connectivity index is 1.09. The summed E-state index contributed by atoms with van der Waals surface area (Å²) in [4.78, 5) is 20.3. The quantitative estimate of drug-likeness (QED) is 0.177. The summed E-state index contributed by atoms with van der Waals surface area (Å²) in [7, 11) is -3.65. The average molecular weight is 657 g/mol. The molecular formula is C27H32ClF3N8O4S. The first-order valence-electron chi connectivity index (χ1n) is 14.3. The summed E-state index contributed by atoms with van der Waals surface area (Å²) in [6, 6.07) is 1.89. The van der Waals surface area contributed by atoms with E-state index in [-0.39, 0.29) is 18.6 Å². The molecule has 2 saturated carbocycles. The molecule has 3 heterocycles. The van der Waals surface area contributed by atoms with Gasteiger partial charge >= 0.3 is 6.18 Å². The number of unbranched alkanes of at least 4 members (excludes halogenated alkanes) is 1. The van der Waals surface area contributed by atoms with Crippen molar-refractivity contribution in [2.24, 2.45) is 5.92 Å². The lowest BCUT2D eigenvalue weighted by molar-refractivity contribution is -0.137. The highest BCUT2D eigenvalue weighted by Crippen LogP contribution is 2.39. The highest BCUT2D eigenvalue weighted by Gasteiger charge is 2.44. The number of H-pyrrole nitrogens is 1. The van der Waals surface area contributed by atoms with Gasteiger partial charge in [-0.1, -0.05) is 11.6 Å². The highest BCUT2D eigenvalue weighted by atomic mass is 35.5. The lowest BCUT2D eigenvalue weighted by atomic mass is 10.1. The van der Waals surface area contributed by atoms with E-state index in [2.05, 4.69) is 30.2 Å². The number of aryl methyl sites for hydroxylation is 1. The minimum atomic E-state index is -4.60. The molecule has 0 amide bonds. The van der Waals surface area contributed by atoms with Crippen LogP contribution in [0.1, 0.15) is 49.5 Å². The predicted octanol–water partition coefficient (Wildman–Crippen LogP) is 3.52. The van der Waals surface area contributed by atoms with Crippen LogP contribution in [0.25, 0.3) is 22.2 Å². The third-order valence-electron chi connectivity index (χ3n) is 8.31. The van der Waals surface area contributed by atoms with E-state index in [1.54, 1.807) is 10.9 Å². The van der Waals surface area contributed by atoms with E-state index in [4.69, 9.17) is 11.6 Å². The van der Waals surface area contributed by atoms with Crippen LogP contribution in [-0.2, 0) is 22.6 Å². The standard InChI is InChI=1S/C27H32ClF3N8O4S/c1-44(42,43)38(7-3-2-4-21-36-18-9-16(27(29,30)31)17(28)10-19(18)37-21)11-14-8-20(24(41)23(14)40)39-13-34-22-25(35-15-5-6-15)32-12-33-26(22)39/h9-10,12-15,20,23-24,40-41H,2-8,11H2,1H3,(H,36,37)(H,32,33,35)/t14-,20-,23-,24+/m1/s1. The first kappa shape index (κ1) is 31.0. The van der Waals surface area contributed by atoms with E-state index >= 15 is 0 Å². The summed E-state index contributed by atoms with van der Waals surface area (Å²) >= 11 is 5.80. The lowest BCUT2D eigenvalue weighted by Crippen LogP contribution is -2.39. The van der Waals surface area contributed by atoms with Crippen molar-refractivity contribution in [1.82, 2.24) is 33.8 Å². The zero-order valence-corrected chi connectivity index (χ0v) is 25.2. The third kappa shape index (κ3) is 6.36. The maximum atomic E-state index is 13.2. The molecule has 2 fully saturated rings. The first-order chi connectivity index (χ1) is 20.8. The SMILES string of the molecule is CS(=O)(=O)N(CCCCc1nc2cc(C(F)(F)F)c(Cl)cc2[nH]1)C[C@H]1C[C@@H](n2cnc3c(NC4CC4)ncnc32)[C@H](O)[C@@H]1O. The topological polar surface area (TPSA) is 162 Å². The summed E-state index contributed by atoms with van der Waals surface area (Å²) < 4.78 is 67.9. The molecule has 0 aliphatic heterocycles. The van der Waals surface area contributed by atoms with Gasteiger partial charge < -0.3 is 25.1 Å². The molecule has 4 atom stereocenters. The Hall–Kier alpha value is -3.05. The molecule has 2 aliphatic carbocycles. The predicted molar refractivity (Wildman–Crippen MR) is 157 cm³/mol. The molecule has 2 aliphatic rings. The number of hydrogen-bond donors (Lipinski definition) is 4. The number of nitrogens with one attached hydrogen (secondary N) is 2. The molecule has 4 N–H and O–H groups in total. The number of imidazole rings is 2. The van der Waals surface area contributed by atoms with Crippen LogP contribution in [0.3, 0.4) is 0 Å². The number of sulfonamides is 1. The summed E-state index contributed by atoms with van der Waals surface area (Å²) in [6.45, 7) is 0.164. The van der Waals surface area contributed by atoms with Gasteiger partial charge in [-0.2, -0.15) is 13.2 Å². The molecule has 0 radical (unpaired) electrons. The molecule has 0 unspecified atom stereocenters. The Morgan fingerprint density at radius 1 is 1.16 bits per heavy atom. The fraction of sp³-hybridized carbons (Fsp3) is 0.556. The molecule has 17 heteroatoms. The fourth-order valence-corrected chi connectivity index (χ4v) is 7.02. The maximum absolute atomic E-state index is 13.2. The highest BCUT2D eigenvalue weighted by molar-refractivity contribution is 7.88. The van der Waals surface area contributed by atoms with Crippen molar-refractivity contribution in [1.29, 1.82) is 0 Å². The van der Waals surface area contributed by atoms with Gasteiger partial charge in [-0.25, -0.2) is 32.7 Å². The van der Waals surface area contributed by atoms with Crippen LogP contribution in [0, 0.1) is 5.92 Å². The minimum absolute atomic E-state index is 0.00696. The number of rotatable bonds is 11. The molecule has 4 aromatic rings. The normalized spacial score (nSPS) is 22.9. The van der Waals surface area contributed by atoms with Crippen molar-refractivity contribution in [2.75, 3.05) is 24.7 Å². The molecule has 44 heavy (non-hydrogen) atoms. The number of fused-ring (bicyclic) bond motifs is 2. The number of nitrogens with zero attached hydrogens (tertiary/aromatic N) is 6. The third-order valence-corrected chi connectivity index (χ3v) is 9.89. The second-order valence-electron chi connectivity index (χ2n) is 11.6. The van der Waals surface area contributed by atoms with Gasteiger partial charge in [0, 0.05) is 31.5 Å². The molecular weight excluding hydrogens is 625 g/mol. The van der Waals surface area contributed by atoms with Crippen LogP contribution in [-0.4, -0.2) is 90.0 Å². The van der Waals surface area contributed by atoms with Crippen molar-refractivity contribution in [2.45, 2.75) is 69.0 Å². The van der Waals surface area contributed by atoms with Gasteiger partial charge in [-0.05, 0) is 44.2 Å². The first-order valence-corrected chi connectivity index (χ1v) is 16.5. The van der Waals surface area contributed by atoms with Gasteiger partial charge in [0.25, 0.3) is 0 Å². The van der Waals surface area contributed by atoms with Crippen molar-refractivity contribution < 1.29 is 31.8 Å². The second-order valence-corrected chi connectivity index (χ2v) is 14.0.